The summed E-state index contributed by atoms with van der Waals surface area (Å²) < 4.78 is 1.35. The zero-order chi connectivity index (χ0) is 16.0. The zero-order valence-electron chi connectivity index (χ0n) is 11.7. The van der Waals surface area contributed by atoms with E-state index in [1.807, 2.05) is 0 Å². The summed E-state index contributed by atoms with van der Waals surface area (Å²) in [6.45, 7) is 1.65. The Labute approximate surface area is 135 Å². The van der Waals surface area contributed by atoms with Gasteiger partial charge in [-0.25, -0.2) is 4.98 Å². The van der Waals surface area contributed by atoms with E-state index in [1.54, 1.807) is 6.92 Å². The van der Waals surface area contributed by atoms with E-state index in [0.29, 0.717) is 27.8 Å². The Morgan fingerprint density at radius 1 is 1.23 bits per heavy atom. The lowest BCUT2D eigenvalue weighted by Crippen LogP contribution is -2.36. The van der Waals surface area contributed by atoms with Crippen LogP contribution in [0.4, 0.5) is 0 Å². The standard InChI is InChI=1S/C15H12Cl2N2O3/c1-7-18-14-10(4-8(16)5-11(14)17)15(22)19(7)12-3-2-9(20)6-13(12)21/h4-5,12H,2-3,6H2,1H3. The molecule has 3 rings (SSSR count). The normalized spacial score (nSPS) is 19.0. The number of nitrogens with zero attached hydrogens (tertiary/aromatic N) is 2. The van der Waals surface area contributed by atoms with Gasteiger partial charge in [0.25, 0.3) is 5.56 Å². The minimum atomic E-state index is -0.653. The molecule has 0 amide bonds. The van der Waals surface area contributed by atoms with Crippen LogP contribution >= 0.6 is 23.2 Å². The molecular formula is C15H12Cl2N2O3. The van der Waals surface area contributed by atoms with Crippen LogP contribution in [0.2, 0.25) is 10.0 Å². The summed E-state index contributed by atoms with van der Waals surface area (Å²) in [5, 5.41) is 0.893. The number of Topliss-reactive ketones (excluding diaryl/α,β-unsaturated/α-hetero) is 2. The number of rotatable bonds is 1. The van der Waals surface area contributed by atoms with Crippen molar-refractivity contribution >= 4 is 45.7 Å². The molecule has 7 heteroatoms. The number of halogens is 2. The van der Waals surface area contributed by atoms with E-state index >= 15 is 0 Å². The molecule has 1 unspecified atom stereocenters. The summed E-state index contributed by atoms with van der Waals surface area (Å²) in [5.74, 6) is 0.0527. The van der Waals surface area contributed by atoms with Crippen LogP contribution in [-0.4, -0.2) is 21.1 Å². The van der Waals surface area contributed by atoms with E-state index in [2.05, 4.69) is 4.98 Å². The molecule has 1 aromatic heterocycles. The largest absolute Gasteiger partial charge is 0.299 e. The quantitative estimate of drug-likeness (QED) is 0.749. The first kappa shape index (κ1) is 15.2. The number of fused-ring (bicyclic) bond motifs is 1. The summed E-state index contributed by atoms with van der Waals surface area (Å²) in [6, 6.07) is 2.36. The SMILES string of the molecule is Cc1nc2c(Cl)cc(Cl)cc2c(=O)n1C1CCC(=O)CC1=O. The van der Waals surface area contributed by atoms with E-state index in [9.17, 15) is 14.4 Å². The van der Waals surface area contributed by atoms with Gasteiger partial charge in [0.15, 0.2) is 5.78 Å². The van der Waals surface area contributed by atoms with Crippen molar-refractivity contribution in [3.63, 3.8) is 0 Å². The number of aromatic nitrogens is 2. The molecule has 1 aliphatic rings. The molecule has 1 fully saturated rings. The Hall–Kier alpha value is -1.72. The molecule has 5 nitrogen and oxygen atoms in total. The van der Waals surface area contributed by atoms with Gasteiger partial charge in [0, 0.05) is 11.4 Å². The van der Waals surface area contributed by atoms with Crippen LogP contribution in [0.15, 0.2) is 16.9 Å². The highest BCUT2D eigenvalue weighted by atomic mass is 35.5. The molecule has 0 spiro atoms. The Morgan fingerprint density at radius 3 is 2.64 bits per heavy atom. The molecular weight excluding hydrogens is 327 g/mol. The number of benzene rings is 1. The topological polar surface area (TPSA) is 69.0 Å². The van der Waals surface area contributed by atoms with Crippen LogP contribution in [0.5, 0.6) is 0 Å². The molecule has 1 heterocycles. The van der Waals surface area contributed by atoms with Crippen molar-refractivity contribution in [2.24, 2.45) is 0 Å². The van der Waals surface area contributed by atoms with Crippen molar-refractivity contribution in [1.82, 2.24) is 9.55 Å². The van der Waals surface area contributed by atoms with Crippen molar-refractivity contribution in [2.45, 2.75) is 32.2 Å². The van der Waals surface area contributed by atoms with Crippen LogP contribution in [0.25, 0.3) is 10.9 Å². The van der Waals surface area contributed by atoms with E-state index in [-0.39, 0.29) is 35.4 Å². The Kier molecular flexibility index (Phi) is 3.78. The van der Waals surface area contributed by atoms with Crippen LogP contribution < -0.4 is 5.56 Å². The number of aryl methyl sites for hydroxylation is 1. The van der Waals surface area contributed by atoms with E-state index in [0.717, 1.165) is 0 Å². The van der Waals surface area contributed by atoms with Crippen LogP contribution in [0.1, 0.15) is 31.1 Å². The Morgan fingerprint density at radius 2 is 1.95 bits per heavy atom. The summed E-state index contributed by atoms with van der Waals surface area (Å²) in [7, 11) is 0. The minimum absolute atomic E-state index is 0.0909. The van der Waals surface area contributed by atoms with E-state index in [1.165, 1.54) is 16.7 Å². The van der Waals surface area contributed by atoms with Gasteiger partial charge in [-0.1, -0.05) is 23.2 Å². The third-order valence-corrected chi connectivity index (χ3v) is 4.36. The summed E-state index contributed by atoms with van der Waals surface area (Å²) >= 11 is 12.0. The van der Waals surface area contributed by atoms with E-state index in [4.69, 9.17) is 23.2 Å². The maximum absolute atomic E-state index is 12.7. The van der Waals surface area contributed by atoms with Crippen molar-refractivity contribution < 1.29 is 9.59 Å². The first-order valence-electron chi connectivity index (χ1n) is 6.81. The highest BCUT2D eigenvalue weighted by molar-refractivity contribution is 6.38. The maximum atomic E-state index is 12.7. The Bertz CT molecular complexity index is 873. The minimum Gasteiger partial charge on any atom is -0.299 e. The molecule has 0 N–H and O–H groups in total. The van der Waals surface area contributed by atoms with Gasteiger partial charge in [-0.05, 0) is 25.5 Å². The lowest BCUT2D eigenvalue weighted by molar-refractivity contribution is -0.132. The van der Waals surface area contributed by atoms with Crippen LogP contribution in [-0.2, 0) is 9.59 Å². The highest BCUT2D eigenvalue weighted by Gasteiger charge is 2.30. The molecule has 114 valence electrons. The van der Waals surface area contributed by atoms with Crippen molar-refractivity contribution in [2.75, 3.05) is 0 Å². The number of carbonyl (C=O) groups is 2. The number of ketones is 2. The molecule has 1 atom stereocenters. The van der Waals surface area contributed by atoms with Crippen molar-refractivity contribution in [3.05, 3.63) is 38.4 Å². The third-order valence-electron chi connectivity index (χ3n) is 3.85. The second-order valence-electron chi connectivity index (χ2n) is 5.35. The van der Waals surface area contributed by atoms with Crippen molar-refractivity contribution in [1.29, 1.82) is 0 Å². The van der Waals surface area contributed by atoms with Gasteiger partial charge in [0.2, 0.25) is 0 Å². The summed E-state index contributed by atoms with van der Waals surface area (Å²) in [5.41, 5.74) is 0.00347. The molecule has 0 bridgehead atoms. The van der Waals surface area contributed by atoms with Gasteiger partial charge < -0.3 is 0 Å². The first-order valence-corrected chi connectivity index (χ1v) is 7.56. The number of hydrogen-bond donors (Lipinski definition) is 0. The lowest BCUT2D eigenvalue weighted by Gasteiger charge is -2.24. The molecule has 0 aliphatic heterocycles. The fourth-order valence-corrected chi connectivity index (χ4v) is 3.37. The predicted molar refractivity (Wildman–Crippen MR) is 83.7 cm³/mol. The first-order chi connectivity index (χ1) is 10.4. The molecule has 0 saturated heterocycles. The van der Waals surface area contributed by atoms with Crippen LogP contribution in [0.3, 0.4) is 0 Å². The van der Waals surface area contributed by atoms with Gasteiger partial charge in [-0.3, -0.25) is 19.0 Å². The lowest BCUT2D eigenvalue weighted by atomic mass is 9.92. The number of hydrogen-bond acceptors (Lipinski definition) is 4. The van der Waals surface area contributed by atoms with Gasteiger partial charge in [-0.2, -0.15) is 0 Å². The monoisotopic (exact) mass is 338 g/mol. The molecule has 2 aromatic rings. The maximum Gasteiger partial charge on any atom is 0.262 e. The van der Waals surface area contributed by atoms with Gasteiger partial charge in [0.1, 0.15) is 11.6 Å². The second-order valence-corrected chi connectivity index (χ2v) is 6.20. The summed E-state index contributed by atoms with van der Waals surface area (Å²) in [4.78, 5) is 40.6. The van der Waals surface area contributed by atoms with Gasteiger partial charge in [-0.15, -0.1) is 0 Å². The van der Waals surface area contributed by atoms with Gasteiger partial charge >= 0.3 is 0 Å². The van der Waals surface area contributed by atoms with Gasteiger partial charge in [0.05, 0.1) is 28.4 Å². The number of carbonyl (C=O) groups excluding carboxylic acids is 2. The molecule has 22 heavy (non-hydrogen) atoms. The fourth-order valence-electron chi connectivity index (χ4n) is 2.83. The zero-order valence-corrected chi connectivity index (χ0v) is 13.2. The highest BCUT2D eigenvalue weighted by Crippen LogP contribution is 2.27. The molecule has 1 aromatic carbocycles. The van der Waals surface area contributed by atoms with E-state index < -0.39 is 6.04 Å². The molecule has 1 saturated carbocycles. The average molecular weight is 339 g/mol. The third kappa shape index (κ3) is 2.44. The molecule has 0 radical (unpaired) electrons. The smallest absolute Gasteiger partial charge is 0.262 e. The summed E-state index contributed by atoms with van der Waals surface area (Å²) in [6.07, 6.45) is 0.474. The van der Waals surface area contributed by atoms with Crippen LogP contribution in [0, 0.1) is 6.92 Å². The van der Waals surface area contributed by atoms with Crippen molar-refractivity contribution in [3.8, 4) is 0 Å². The molecule has 1 aliphatic carbocycles. The second kappa shape index (κ2) is 5.48. The predicted octanol–water partition coefficient (Wildman–Crippen LogP) is 2.87. The Balaban J connectivity index is 2.25. The fraction of sp³-hybridized carbons (Fsp3) is 0.333. The average Bonchev–Trinajstić information content (AvgIpc) is 2.42.